The highest BCUT2D eigenvalue weighted by molar-refractivity contribution is 5.01. The van der Waals surface area contributed by atoms with Crippen molar-refractivity contribution >= 4 is 0 Å². The van der Waals surface area contributed by atoms with Crippen LogP contribution < -0.4 is 0 Å². The van der Waals surface area contributed by atoms with Crippen LogP contribution in [0, 0.1) is 17.2 Å². The predicted molar refractivity (Wildman–Crippen MR) is 51.0 cm³/mol. The van der Waals surface area contributed by atoms with Crippen molar-refractivity contribution in [2.75, 3.05) is 7.11 Å². The van der Waals surface area contributed by atoms with Crippen molar-refractivity contribution in [3.05, 3.63) is 24.8 Å². The van der Waals surface area contributed by atoms with Crippen LogP contribution in [0.3, 0.4) is 0 Å². The zero-order valence-electron chi connectivity index (χ0n) is 8.06. The topological polar surface area (TPSA) is 53.2 Å². The largest absolute Gasteiger partial charge is 0.367 e. The molecule has 78 valence electrons. The average Bonchev–Trinajstić information content (AvgIpc) is 2.22. The second kappa shape index (κ2) is 7.25. The van der Waals surface area contributed by atoms with E-state index in [1.54, 1.807) is 0 Å². The predicted octanol–water partition coefficient (Wildman–Crippen LogP) is 1.56. The second-order valence-corrected chi connectivity index (χ2v) is 2.67. The Balaban J connectivity index is 4.40. The zero-order valence-corrected chi connectivity index (χ0v) is 8.06. The lowest BCUT2D eigenvalue weighted by atomic mass is 10.0. The van der Waals surface area contributed by atoms with E-state index in [9.17, 15) is 9.50 Å². The van der Waals surface area contributed by atoms with E-state index in [1.807, 2.05) is 6.07 Å². The summed E-state index contributed by atoms with van der Waals surface area (Å²) in [6.07, 6.45) is 1.56. The summed E-state index contributed by atoms with van der Waals surface area (Å²) in [5.74, 6) is -0.814. The van der Waals surface area contributed by atoms with Crippen molar-refractivity contribution in [1.29, 1.82) is 5.26 Å². The summed E-state index contributed by atoms with van der Waals surface area (Å²) in [6.45, 7) is 3.29. The quantitative estimate of drug-likeness (QED) is 0.521. The van der Waals surface area contributed by atoms with Gasteiger partial charge in [0.1, 0.15) is 6.17 Å². The molecular formula is C10H14FNO2. The molecule has 0 aliphatic carbocycles. The van der Waals surface area contributed by atoms with Gasteiger partial charge in [-0.3, -0.25) is 0 Å². The van der Waals surface area contributed by atoms with Crippen LogP contribution in [0.25, 0.3) is 0 Å². The lowest BCUT2D eigenvalue weighted by molar-refractivity contribution is -0.111. The molecule has 0 aromatic carbocycles. The Hall–Kier alpha value is -1.18. The molecular weight excluding hydrogens is 185 g/mol. The van der Waals surface area contributed by atoms with Crippen LogP contribution in [0.1, 0.15) is 6.42 Å². The van der Waals surface area contributed by atoms with Crippen LogP contribution >= 0.6 is 0 Å². The fraction of sp³-hybridized carbons (Fsp3) is 0.500. The Morgan fingerprint density at radius 1 is 1.71 bits per heavy atom. The molecule has 0 fully saturated rings. The summed E-state index contributed by atoms with van der Waals surface area (Å²) in [5.41, 5.74) is 0. The number of methoxy groups -OCH3 is 1. The van der Waals surface area contributed by atoms with Gasteiger partial charge in [-0.2, -0.15) is 5.26 Å². The summed E-state index contributed by atoms with van der Waals surface area (Å²) in [6, 6.07) is 1.88. The van der Waals surface area contributed by atoms with Crippen LogP contribution in [0.15, 0.2) is 24.8 Å². The van der Waals surface area contributed by atoms with E-state index in [0.717, 1.165) is 6.08 Å². The molecule has 0 saturated heterocycles. The highest BCUT2D eigenvalue weighted by Crippen LogP contribution is 2.16. The summed E-state index contributed by atoms with van der Waals surface area (Å²) < 4.78 is 17.8. The average molecular weight is 199 g/mol. The molecule has 0 saturated carbocycles. The number of aliphatic hydroxyl groups excluding tert-OH is 1. The molecule has 0 aromatic rings. The molecule has 3 nitrogen and oxygen atoms in total. The maximum atomic E-state index is 13.2. The van der Waals surface area contributed by atoms with E-state index in [-0.39, 0.29) is 6.42 Å². The lowest BCUT2D eigenvalue weighted by Crippen LogP contribution is -2.27. The smallest absolute Gasteiger partial charge is 0.163 e. The van der Waals surface area contributed by atoms with Gasteiger partial charge >= 0.3 is 0 Å². The Kier molecular flexibility index (Phi) is 6.63. The van der Waals surface area contributed by atoms with Crippen LogP contribution in [0.2, 0.25) is 0 Å². The van der Waals surface area contributed by atoms with Crippen LogP contribution in [0.5, 0.6) is 0 Å². The lowest BCUT2D eigenvalue weighted by Gasteiger charge is -2.19. The molecule has 0 aromatic heterocycles. The van der Waals surface area contributed by atoms with Crippen LogP contribution in [-0.2, 0) is 4.74 Å². The maximum absolute atomic E-state index is 13.2. The molecule has 1 N–H and O–H groups in total. The van der Waals surface area contributed by atoms with Gasteiger partial charge in [-0.1, -0.05) is 18.2 Å². The number of allylic oxidation sites excluding steroid dienone is 2. The van der Waals surface area contributed by atoms with Gasteiger partial charge in [-0.25, -0.2) is 4.39 Å². The Morgan fingerprint density at radius 3 is 2.79 bits per heavy atom. The third-order valence-electron chi connectivity index (χ3n) is 1.73. The summed E-state index contributed by atoms with van der Waals surface area (Å²) in [5, 5.41) is 17.5. The second-order valence-electron chi connectivity index (χ2n) is 2.67. The van der Waals surface area contributed by atoms with Crippen molar-refractivity contribution in [2.45, 2.75) is 18.9 Å². The minimum atomic E-state index is -1.39. The third kappa shape index (κ3) is 4.17. The van der Waals surface area contributed by atoms with E-state index in [2.05, 4.69) is 11.3 Å². The highest BCUT2D eigenvalue weighted by Gasteiger charge is 2.23. The molecule has 0 aliphatic rings. The van der Waals surface area contributed by atoms with Crippen LogP contribution in [-0.4, -0.2) is 24.7 Å². The van der Waals surface area contributed by atoms with Gasteiger partial charge in [0.2, 0.25) is 0 Å². The molecule has 0 aliphatic heterocycles. The summed E-state index contributed by atoms with van der Waals surface area (Å²) >= 11 is 0. The normalized spacial score (nSPS) is 17.3. The van der Waals surface area contributed by atoms with Gasteiger partial charge in [0.15, 0.2) is 6.29 Å². The summed E-state index contributed by atoms with van der Waals surface area (Å²) in [7, 11) is 1.28. The van der Waals surface area contributed by atoms with E-state index in [4.69, 9.17) is 5.26 Å². The molecule has 0 radical (unpaired) electrons. The molecule has 0 heterocycles. The first kappa shape index (κ1) is 12.8. The molecule has 3 unspecified atom stereocenters. The zero-order chi connectivity index (χ0) is 11.0. The third-order valence-corrected chi connectivity index (χ3v) is 1.73. The Labute approximate surface area is 83.1 Å². The van der Waals surface area contributed by atoms with Crippen molar-refractivity contribution in [1.82, 2.24) is 0 Å². The monoisotopic (exact) mass is 199 g/mol. The number of hydrogen-bond donors (Lipinski definition) is 1. The molecule has 0 rings (SSSR count). The number of halogens is 1. The molecule has 4 heteroatoms. The summed E-state index contributed by atoms with van der Waals surface area (Å²) in [4.78, 5) is 0. The first-order chi connectivity index (χ1) is 6.67. The number of hydrogen-bond acceptors (Lipinski definition) is 3. The van der Waals surface area contributed by atoms with Crippen molar-refractivity contribution in [3.63, 3.8) is 0 Å². The van der Waals surface area contributed by atoms with Crippen molar-refractivity contribution in [2.24, 2.45) is 5.92 Å². The van der Waals surface area contributed by atoms with E-state index in [1.165, 1.54) is 19.3 Å². The SMILES string of the molecule is C=CC(F)C(/C=C/CC#N)C(O)OC. The standard InChI is InChI=1S/C10H14FNO2/c1-3-9(11)8(10(13)14-2)6-4-5-7-12/h3-4,6,8-10,13H,1,5H2,2H3/b6-4+. The number of nitriles is 1. The molecule has 0 spiro atoms. The first-order valence-corrected chi connectivity index (χ1v) is 4.18. The van der Waals surface area contributed by atoms with E-state index >= 15 is 0 Å². The van der Waals surface area contributed by atoms with Gasteiger partial charge in [0.25, 0.3) is 0 Å². The van der Waals surface area contributed by atoms with E-state index in [0.29, 0.717) is 0 Å². The minimum Gasteiger partial charge on any atom is -0.367 e. The van der Waals surface area contributed by atoms with E-state index < -0.39 is 18.4 Å². The molecule has 0 bridgehead atoms. The van der Waals surface area contributed by atoms with Crippen molar-refractivity contribution in [3.8, 4) is 6.07 Å². The van der Waals surface area contributed by atoms with Gasteiger partial charge in [-0.15, -0.1) is 6.58 Å². The number of nitrogens with zero attached hydrogens (tertiary/aromatic N) is 1. The Bertz CT molecular complexity index is 235. The van der Waals surface area contributed by atoms with Crippen LogP contribution in [0.4, 0.5) is 4.39 Å². The number of alkyl halides is 1. The molecule has 14 heavy (non-hydrogen) atoms. The highest BCUT2D eigenvalue weighted by atomic mass is 19.1. The van der Waals surface area contributed by atoms with Gasteiger partial charge in [0.05, 0.1) is 18.4 Å². The number of ether oxygens (including phenoxy) is 1. The fourth-order valence-corrected chi connectivity index (χ4v) is 0.951. The fourth-order valence-electron chi connectivity index (χ4n) is 0.951. The number of aliphatic hydroxyl groups is 1. The van der Waals surface area contributed by atoms with Gasteiger partial charge in [-0.05, 0) is 0 Å². The minimum absolute atomic E-state index is 0.177. The van der Waals surface area contributed by atoms with Gasteiger partial charge in [0, 0.05) is 7.11 Å². The first-order valence-electron chi connectivity index (χ1n) is 4.18. The molecule has 0 amide bonds. The number of rotatable bonds is 6. The van der Waals surface area contributed by atoms with Crippen molar-refractivity contribution < 1.29 is 14.2 Å². The van der Waals surface area contributed by atoms with Gasteiger partial charge < -0.3 is 9.84 Å². The maximum Gasteiger partial charge on any atom is 0.163 e. The Morgan fingerprint density at radius 2 is 2.36 bits per heavy atom. The molecule has 3 atom stereocenters.